The molecule has 0 aliphatic heterocycles. The van der Waals surface area contributed by atoms with E-state index in [0.29, 0.717) is 6.10 Å². The lowest BCUT2D eigenvalue weighted by Crippen LogP contribution is -2.56. The van der Waals surface area contributed by atoms with E-state index >= 15 is 0 Å². The highest BCUT2D eigenvalue weighted by molar-refractivity contribution is 7.11. The van der Waals surface area contributed by atoms with Crippen LogP contribution >= 0.6 is 11.3 Å². The van der Waals surface area contributed by atoms with Gasteiger partial charge in [0, 0.05) is 25.6 Å². The number of aromatic nitrogens is 1. The van der Waals surface area contributed by atoms with Gasteiger partial charge in [0.2, 0.25) is 0 Å². The second-order valence-electron chi connectivity index (χ2n) is 5.86. The lowest BCUT2D eigenvalue weighted by atomic mass is 9.74. The summed E-state index contributed by atoms with van der Waals surface area (Å²) in [5, 5.41) is 4.94. The van der Waals surface area contributed by atoms with Crippen molar-refractivity contribution in [2.45, 2.75) is 50.2 Å². The molecule has 1 aromatic heterocycles. The van der Waals surface area contributed by atoms with Crippen molar-refractivity contribution < 1.29 is 9.47 Å². The summed E-state index contributed by atoms with van der Waals surface area (Å²) in [6, 6.07) is 0. The second kappa shape index (κ2) is 6.10. The second-order valence-corrected chi connectivity index (χ2v) is 6.95. The van der Waals surface area contributed by atoms with Crippen LogP contribution in [0.25, 0.3) is 0 Å². The first-order valence-electron chi connectivity index (χ1n) is 7.53. The van der Waals surface area contributed by atoms with E-state index in [-0.39, 0.29) is 5.54 Å². The van der Waals surface area contributed by atoms with Gasteiger partial charge in [0.15, 0.2) is 0 Å². The Bertz CT molecular complexity index is 431. The monoisotopic (exact) mass is 296 g/mol. The molecule has 0 aromatic carbocycles. The third kappa shape index (κ3) is 2.64. The van der Waals surface area contributed by atoms with Crippen LogP contribution in [0.5, 0.6) is 0 Å². The van der Waals surface area contributed by atoms with E-state index < -0.39 is 0 Å². The zero-order valence-electron chi connectivity index (χ0n) is 12.4. The minimum Gasteiger partial charge on any atom is -0.383 e. The van der Waals surface area contributed by atoms with Crippen LogP contribution in [0.2, 0.25) is 0 Å². The van der Waals surface area contributed by atoms with E-state index in [0.717, 1.165) is 32.4 Å². The van der Waals surface area contributed by atoms with Crippen molar-refractivity contribution in [2.75, 3.05) is 27.4 Å². The van der Waals surface area contributed by atoms with Crippen LogP contribution in [-0.4, -0.2) is 38.5 Å². The van der Waals surface area contributed by atoms with Crippen molar-refractivity contribution in [2.24, 2.45) is 0 Å². The maximum atomic E-state index is 5.48. The van der Waals surface area contributed by atoms with Gasteiger partial charge >= 0.3 is 0 Å². The number of ether oxygens (including phenoxy) is 2. The van der Waals surface area contributed by atoms with Gasteiger partial charge in [-0.2, -0.15) is 0 Å². The molecule has 2 aliphatic carbocycles. The van der Waals surface area contributed by atoms with E-state index in [1.807, 2.05) is 11.3 Å². The Balaban J connectivity index is 1.76. The topological polar surface area (TPSA) is 43.4 Å². The van der Waals surface area contributed by atoms with Crippen LogP contribution in [0.15, 0.2) is 0 Å². The van der Waals surface area contributed by atoms with Crippen LogP contribution < -0.4 is 5.32 Å². The predicted octanol–water partition coefficient (Wildman–Crippen LogP) is 2.26. The molecule has 1 heterocycles. The Morgan fingerprint density at radius 3 is 2.80 bits per heavy atom. The average Bonchev–Trinajstić information content (AvgIpc) is 2.85. The maximum absolute atomic E-state index is 5.48. The largest absolute Gasteiger partial charge is 0.383 e. The van der Waals surface area contributed by atoms with E-state index in [1.54, 1.807) is 14.2 Å². The third-order valence-electron chi connectivity index (χ3n) is 4.51. The first-order chi connectivity index (χ1) is 9.77. The Morgan fingerprint density at radius 2 is 2.10 bits per heavy atom. The summed E-state index contributed by atoms with van der Waals surface area (Å²) < 4.78 is 10.6. The lowest BCUT2D eigenvalue weighted by Gasteiger charge is -2.46. The van der Waals surface area contributed by atoms with Crippen molar-refractivity contribution in [3.05, 3.63) is 15.6 Å². The SMILES string of the molecule is COCCNC1(c2nc3c(s2)CCCC3)CC(OC)C1. The van der Waals surface area contributed by atoms with Gasteiger partial charge in [0.25, 0.3) is 0 Å². The Hall–Kier alpha value is -0.490. The van der Waals surface area contributed by atoms with Gasteiger partial charge < -0.3 is 14.8 Å². The summed E-state index contributed by atoms with van der Waals surface area (Å²) in [5.74, 6) is 0. The van der Waals surface area contributed by atoms with Crippen LogP contribution in [0, 0.1) is 0 Å². The molecule has 5 heteroatoms. The number of nitrogens with zero attached hydrogens (tertiary/aromatic N) is 1. The minimum atomic E-state index is 0.0290. The van der Waals surface area contributed by atoms with Crippen molar-refractivity contribution in [1.29, 1.82) is 0 Å². The zero-order chi connectivity index (χ0) is 14.0. The Labute approximate surface area is 124 Å². The molecule has 3 rings (SSSR count). The molecule has 1 fully saturated rings. The van der Waals surface area contributed by atoms with E-state index in [4.69, 9.17) is 14.5 Å². The normalized spacial score (nSPS) is 29.0. The van der Waals surface area contributed by atoms with Gasteiger partial charge in [-0.3, -0.25) is 0 Å². The number of nitrogens with one attached hydrogen (secondary N) is 1. The molecule has 0 amide bonds. The first kappa shape index (κ1) is 14.4. The maximum Gasteiger partial charge on any atom is 0.113 e. The molecule has 0 saturated heterocycles. The number of hydrogen-bond acceptors (Lipinski definition) is 5. The fourth-order valence-corrected chi connectivity index (χ4v) is 4.56. The Kier molecular flexibility index (Phi) is 4.40. The number of rotatable bonds is 6. The standard InChI is InChI=1S/C15H24N2O2S/c1-18-8-7-16-15(9-11(10-15)19-2)14-17-12-5-3-4-6-13(12)20-14/h11,16H,3-10H2,1-2H3. The first-order valence-corrected chi connectivity index (χ1v) is 8.35. The average molecular weight is 296 g/mol. The fraction of sp³-hybridized carbons (Fsp3) is 0.800. The highest BCUT2D eigenvalue weighted by Gasteiger charge is 2.48. The summed E-state index contributed by atoms with van der Waals surface area (Å²) in [7, 11) is 3.55. The van der Waals surface area contributed by atoms with E-state index in [2.05, 4.69) is 5.32 Å². The molecular formula is C15H24N2O2S. The molecule has 4 nitrogen and oxygen atoms in total. The van der Waals surface area contributed by atoms with Gasteiger partial charge in [0.1, 0.15) is 5.01 Å². The summed E-state index contributed by atoms with van der Waals surface area (Å²) >= 11 is 1.92. The van der Waals surface area contributed by atoms with Crippen molar-refractivity contribution in [3.8, 4) is 0 Å². The van der Waals surface area contributed by atoms with E-state index in [1.165, 1.54) is 34.8 Å². The highest BCUT2D eigenvalue weighted by atomic mass is 32.1. The molecule has 0 unspecified atom stereocenters. The molecule has 0 spiro atoms. The molecule has 20 heavy (non-hydrogen) atoms. The summed E-state index contributed by atoms with van der Waals surface area (Å²) in [4.78, 5) is 6.47. The van der Waals surface area contributed by atoms with Crippen molar-refractivity contribution >= 4 is 11.3 Å². The summed E-state index contributed by atoms with van der Waals surface area (Å²) in [6.07, 6.45) is 7.41. The molecule has 1 aromatic rings. The van der Waals surface area contributed by atoms with Gasteiger partial charge in [-0.1, -0.05) is 0 Å². The fourth-order valence-electron chi connectivity index (χ4n) is 3.23. The van der Waals surface area contributed by atoms with Gasteiger partial charge in [-0.05, 0) is 38.5 Å². The van der Waals surface area contributed by atoms with Gasteiger partial charge in [-0.15, -0.1) is 11.3 Å². The van der Waals surface area contributed by atoms with Crippen LogP contribution in [0.1, 0.15) is 41.3 Å². The number of methoxy groups -OCH3 is 2. The minimum absolute atomic E-state index is 0.0290. The molecule has 2 aliphatic rings. The molecular weight excluding hydrogens is 272 g/mol. The molecule has 1 saturated carbocycles. The van der Waals surface area contributed by atoms with Gasteiger partial charge in [0.05, 0.1) is 23.9 Å². The van der Waals surface area contributed by atoms with Crippen molar-refractivity contribution in [3.63, 3.8) is 0 Å². The molecule has 0 atom stereocenters. The number of thiazole rings is 1. The predicted molar refractivity (Wildman–Crippen MR) is 80.3 cm³/mol. The van der Waals surface area contributed by atoms with Crippen LogP contribution in [-0.2, 0) is 27.9 Å². The van der Waals surface area contributed by atoms with Gasteiger partial charge in [-0.25, -0.2) is 4.98 Å². The highest BCUT2D eigenvalue weighted by Crippen LogP contribution is 2.45. The smallest absolute Gasteiger partial charge is 0.113 e. The molecule has 0 bridgehead atoms. The van der Waals surface area contributed by atoms with E-state index in [9.17, 15) is 0 Å². The summed E-state index contributed by atoms with van der Waals surface area (Å²) in [6.45, 7) is 1.61. The van der Waals surface area contributed by atoms with Crippen LogP contribution in [0.4, 0.5) is 0 Å². The molecule has 0 radical (unpaired) electrons. The van der Waals surface area contributed by atoms with Crippen LogP contribution in [0.3, 0.4) is 0 Å². The lowest BCUT2D eigenvalue weighted by molar-refractivity contribution is -0.0350. The number of aryl methyl sites for hydroxylation is 2. The quantitative estimate of drug-likeness (QED) is 0.818. The van der Waals surface area contributed by atoms with Crippen molar-refractivity contribution in [1.82, 2.24) is 10.3 Å². The third-order valence-corrected chi connectivity index (χ3v) is 5.87. The number of hydrogen-bond donors (Lipinski definition) is 1. The Morgan fingerprint density at radius 1 is 1.30 bits per heavy atom. The summed E-state index contributed by atoms with van der Waals surface area (Å²) in [5.41, 5.74) is 1.38. The molecule has 1 N–H and O–H groups in total. The molecule has 112 valence electrons. The zero-order valence-corrected chi connectivity index (χ0v) is 13.2. The number of fused-ring (bicyclic) bond motifs is 1.